The summed E-state index contributed by atoms with van der Waals surface area (Å²) in [4.78, 5) is 0. The lowest BCUT2D eigenvalue weighted by molar-refractivity contribution is -0.255. The lowest BCUT2D eigenvalue weighted by atomic mass is 9.97. The fourth-order valence-electron chi connectivity index (χ4n) is 2.16. The Morgan fingerprint density at radius 3 is 2.77 bits per heavy atom. The third-order valence-corrected chi connectivity index (χ3v) is 2.98. The molecule has 5 atom stereocenters. The Labute approximate surface area is 77.8 Å². The number of ether oxygens (including phenoxy) is 3. The Hall–Kier alpha value is -0.160. The third kappa shape index (κ3) is 1.29. The van der Waals surface area contributed by atoms with E-state index in [1.807, 2.05) is 6.92 Å². The second-order valence-electron chi connectivity index (χ2n) is 3.95. The van der Waals surface area contributed by atoms with Gasteiger partial charge in [-0.2, -0.15) is 0 Å². The monoisotopic (exact) mass is 188 g/mol. The molecule has 2 aliphatic heterocycles. The maximum atomic E-state index is 9.74. The molecule has 4 heteroatoms. The van der Waals surface area contributed by atoms with Gasteiger partial charge in [0.25, 0.3) is 0 Å². The van der Waals surface area contributed by atoms with Gasteiger partial charge < -0.3 is 19.3 Å². The highest BCUT2D eigenvalue weighted by atomic mass is 16.8. The summed E-state index contributed by atoms with van der Waals surface area (Å²) in [6.07, 6.45) is -0.119. The summed E-state index contributed by atoms with van der Waals surface area (Å²) in [5.74, 6) is -0.820. The summed E-state index contributed by atoms with van der Waals surface area (Å²) in [6, 6.07) is 0. The smallest absolute Gasteiger partial charge is 0.192 e. The zero-order valence-electron chi connectivity index (χ0n) is 8.19. The molecule has 0 saturated carbocycles. The van der Waals surface area contributed by atoms with Gasteiger partial charge in [-0.05, 0) is 13.8 Å². The van der Waals surface area contributed by atoms with Crippen molar-refractivity contribution in [1.82, 2.24) is 0 Å². The number of aliphatic hydroxyl groups is 1. The minimum Gasteiger partial charge on any atom is -0.387 e. The van der Waals surface area contributed by atoms with E-state index in [2.05, 4.69) is 0 Å². The van der Waals surface area contributed by atoms with Gasteiger partial charge in [0.05, 0.1) is 12.2 Å². The fourth-order valence-corrected chi connectivity index (χ4v) is 2.16. The summed E-state index contributed by atoms with van der Waals surface area (Å²) in [5.41, 5.74) is 0. The highest BCUT2D eigenvalue weighted by Crippen LogP contribution is 2.40. The van der Waals surface area contributed by atoms with Crippen LogP contribution in [0.15, 0.2) is 0 Å². The van der Waals surface area contributed by atoms with Crippen LogP contribution < -0.4 is 0 Å². The molecule has 2 fully saturated rings. The van der Waals surface area contributed by atoms with Crippen molar-refractivity contribution in [2.75, 3.05) is 7.11 Å². The molecule has 1 N–H and O–H groups in total. The maximum Gasteiger partial charge on any atom is 0.192 e. The van der Waals surface area contributed by atoms with Crippen molar-refractivity contribution < 1.29 is 19.3 Å². The first-order chi connectivity index (χ1) is 6.07. The van der Waals surface area contributed by atoms with Crippen LogP contribution in [0.1, 0.15) is 20.3 Å². The first kappa shape index (κ1) is 9.40. The largest absolute Gasteiger partial charge is 0.387 e. The van der Waals surface area contributed by atoms with Gasteiger partial charge in [0.15, 0.2) is 5.79 Å². The molecule has 2 saturated heterocycles. The molecular weight excluding hydrogens is 172 g/mol. The average molecular weight is 188 g/mol. The summed E-state index contributed by atoms with van der Waals surface area (Å²) in [5, 5.41) is 9.74. The van der Waals surface area contributed by atoms with Crippen LogP contribution in [0.5, 0.6) is 0 Å². The Balaban J connectivity index is 2.20. The van der Waals surface area contributed by atoms with Crippen molar-refractivity contribution in [2.24, 2.45) is 0 Å². The lowest BCUT2D eigenvalue weighted by Crippen LogP contribution is -2.50. The summed E-state index contributed by atoms with van der Waals surface area (Å²) in [7, 11) is 1.63. The SMILES string of the molecule is COC1CC(O)C2(C)OC(C)C1O2. The highest BCUT2D eigenvalue weighted by Gasteiger charge is 2.55. The zero-order chi connectivity index (χ0) is 9.64. The van der Waals surface area contributed by atoms with E-state index in [0.29, 0.717) is 6.42 Å². The lowest BCUT2D eigenvalue weighted by Gasteiger charge is -2.36. The number of fused-ring (bicyclic) bond motifs is 2. The molecule has 2 aliphatic rings. The van der Waals surface area contributed by atoms with Crippen molar-refractivity contribution in [3.8, 4) is 0 Å². The fraction of sp³-hybridized carbons (Fsp3) is 1.00. The van der Waals surface area contributed by atoms with Crippen LogP contribution in [-0.4, -0.2) is 42.4 Å². The van der Waals surface area contributed by atoms with Crippen molar-refractivity contribution in [3.05, 3.63) is 0 Å². The van der Waals surface area contributed by atoms with Gasteiger partial charge in [0.1, 0.15) is 12.2 Å². The molecule has 0 aromatic carbocycles. The Morgan fingerprint density at radius 2 is 2.15 bits per heavy atom. The van der Waals surface area contributed by atoms with Crippen LogP contribution in [0.4, 0.5) is 0 Å². The topological polar surface area (TPSA) is 47.9 Å². The van der Waals surface area contributed by atoms with Crippen LogP contribution in [0.2, 0.25) is 0 Å². The molecule has 2 bridgehead atoms. The molecule has 0 radical (unpaired) electrons. The molecule has 2 rings (SSSR count). The van der Waals surface area contributed by atoms with E-state index in [4.69, 9.17) is 14.2 Å². The van der Waals surface area contributed by atoms with Crippen LogP contribution in [0, 0.1) is 0 Å². The third-order valence-electron chi connectivity index (χ3n) is 2.98. The van der Waals surface area contributed by atoms with Crippen LogP contribution in [0.3, 0.4) is 0 Å². The van der Waals surface area contributed by atoms with Crippen LogP contribution >= 0.6 is 0 Å². The molecule has 2 heterocycles. The van der Waals surface area contributed by atoms with Crippen LogP contribution in [0.25, 0.3) is 0 Å². The van der Waals surface area contributed by atoms with Gasteiger partial charge in [-0.3, -0.25) is 0 Å². The molecule has 13 heavy (non-hydrogen) atoms. The zero-order valence-corrected chi connectivity index (χ0v) is 8.19. The van der Waals surface area contributed by atoms with Crippen molar-refractivity contribution >= 4 is 0 Å². The van der Waals surface area contributed by atoms with Gasteiger partial charge in [-0.15, -0.1) is 0 Å². The standard InChI is InChI=1S/C9H16O4/c1-5-8-6(11-3)4-7(10)9(2,12-5)13-8/h5-8,10H,4H2,1-3H3. The molecule has 0 amide bonds. The first-order valence-electron chi connectivity index (χ1n) is 4.63. The van der Waals surface area contributed by atoms with E-state index in [0.717, 1.165) is 0 Å². The molecular formula is C9H16O4. The van der Waals surface area contributed by atoms with Gasteiger partial charge in [0.2, 0.25) is 0 Å². The minimum absolute atomic E-state index is 0.00731. The van der Waals surface area contributed by atoms with Crippen LogP contribution in [-0.2, 0) is 14.2 Å². The quantitative estimate of drug-likeness (QED) is 0.642. The number of hydrogen-bond donors (Lipinski definition) is 1. The minimum atomic E-state index is -0.820. The number of methoxy groups -OCH3 is 1. The second-order valence-corrected chi connectivity index (χ2v) is 3.95. The molecule has 0 spiro atoms. The summed E-state index contributed by atoms with van der Waals surface area (Å²) < 4.78 is 16.4. The van der Waals surface area contributed by atoms with Crippen molar-refractivity contribution in [1.29, 1.82) is 0 Å². The van der Waals surface area contributed by atoms with Gasteiger partial charge in [-0.1, -0.05) is 0 Å². The number of aliphatic hydroxyl groups excluding tert-OH is 1. The maximum absolute atomic E-state index is 9.74. The summed E-state index contributed by atoms with van der Waals surface area (Å²) >= 11 is 0. The molecule has 0 aromatic rings. The average Bonchev–Trinajstić information content (AvgIpc) is 2.34. The van der Waals surface area contributed by atoms with E-state index >= 15 is 0 Å². The molecule has 76 valence electrons. The number of rotatable bonds is 1. The van der Waals surface area contributed by atoms with Gasteiger partial charge in [0, 0.05) is 13.5 Å². The Kier molecular flexibility index (Phi) is 2.11. The van der Waals surface area contributed by atoms with Crippen molar-refractivity contribution in [3.63, 3.8) is 0 Å². The molecule has 0 aliphatic carbocycles. The van der Waals surface area contributed by atoms with E-state index in [9.17, 15) is 5.11 Å². The molecule has 0 aromatic heterocycles. The van der Waals surface area contributed by atoms with E-state index in [-0.39, 0.29) is 18.3 Å². The van der Waals surface area contributed by atoms with Gasteiger partial charge >= 0.3 is 0 Å². The highest BCUT2D eigenvalue weighted by molar-refractivity contribution is 4.97. The first-order valence-corrected chi connectivity index (χ1v) is 4.63. The predicted molar refractivity (Wildman–Crippen MR) is 45.2 cm³/mol. The van der Waals surface area contributed by atoms with E-state index in [1.54, 1.807) is 14.0 Å². The van der Waals surface area contributed by atoms with Gasteiger partial charge in [-0.25, -0.2) is 0 Å². The second kappa shape index (κ2) is 2.92. The summed E-state index contributed by atoms with van der Waals surface area (Å²) in [6.45, 7) is 3.72. The van der Waals surface area contributed by atoms with Crippen molar-refractivity contribution in [2.45, 2.75) is 50.5 Å². The molecule has 5 unspecified atom stereocenters. The predicted octanol–water partition coefficient (Wildman–Crippen LogP) is 0.286. The molecule has 4 nitrogen and oxygen atoms in total. The Bertz CT molecular complexity index is 208. The normalized spacial score (nSPS) is 55.4. The van der Waals surface area contributed by atoms with E-state index < -0.39 is 11.9 Å². The number of hydrogen-bond acceptors (Lipinski definition) is 4. The van der Waals surface area contributed by atoms with E-state index in [1.165, 1.54) is 0 Å². The Morgan fingerprint density at radius 1 is 1.46 bits per heavy atom.